The van der Waals surface area contributed by atoms with Crippen LogP contribution >= 0.6 is 24.0 Å². The van der Waals surface area contributed by atoms with Crippen molar-refractivity contribution in [2.24, 2.45) is 16.8 Å². The molecule has 0 heterocycles. The number of isocyanates is 2. The van der Waals surface area contributed by atoms with E-state index in [1.54, 1.807) is 21.8 Å². The molecule has 0 aromatic heterocycles. The fraction of sp³-hybridized carbons (Fsp3) is 0. The maximum absolute atomic E-state index is 10.5. The largest absolute Gasteiger partial charge is 0.367 e. The number of amides is 4. The van der Waals surface area contributed by atoms with Crippen LogP contribution in [-0.2, 0) is 14.4 Å². The monoisotopic (exact) mass is 431 g/mol. The molecular formula is C6H11IN10O5. The summed E-state index contributed by atoms with van der Waals surface area (Å²) in [4.78, 5) is 43.1. The van der Waals surface area contributed by atoms with Gasteiger partial charge in [-0.3, -0.25) is 16.5 Å². The Morgan fingerprint density at radius 1 is 1.27 bits per heavy atom. The Kier molecular flexibility index (Phi) is 44.5. The SMILES string of the molecule is C#N.I.N#CONC(=O)NNC(=O)NN=C=O.NN.[2H]N=C=O. The second-order valence-electron chi connectivity index (χ2n) is 1.61. The van der Waals surface area contributed by atoms with E-state index in [0.717, 1.165) is 18.4 Å². The molecule has 122 valence electrons. The van der Waals surface area contributed by atoms with Crippen molar-refractivity contribution in [2.45, 2.75) is 0 Å². The van der Waals surface area contributed by atoms with Crippen molar-refractivity contribution in [2.75, 3.05) is 0 Å². The first-order valence-corrected chi connectivity index (χ1v) is 3.96. The van der Waals surface area contributed by atoms with Gasteiger partial charge in [0.15, 0.2) is 0 Å². The topological polar surface area (TPSA) is 261 Å². The minimum atomic E-state index is -0.989. The van der Waals surface area contributed by atoms with Crippen molar-refractivity contribution >= 4 is 48.2 Å². The van der Waals surface area contributed by atoms with Gasteiger partial charge in [0.1, 0.15) is 0 Å². The Balaban J connectivity index is -0.000000102. The lowest BCUT2D eigenvalue weighted by Gasteiger charge is -2.04. The summed E-state index contributed by atoms with van der Waals surface area (Å²) in [7, 11) is 0. The fourth-order valence-corrected chi connectivity index (χ4v) is 0.310. The highest BCUT2D eigenvalue weighted by Crippen LogP contribution is 1.64. The number of nitriles is 2. The van der Waals surface area contributed by atoms with Crippen molar-refractivity contribution in [3.63, 3.8) is 0 Å². The Morgan fingerprint density at radius 3 is 2.09 bits per heavy atom. The molecule has 0 aliphatic rings. The van der Waals surface area contributed by atoms with Crippen molar-refractivity contribution in [1.82, 2.24) is 21.8 Å². The minimum absolute atomic E-state index is 0. The van der Waals surface area contributed by atoms with E-state index in [2.05, 4.69) is 33.6 Å². The predicted molar refractivity (Wildman–Crippen MR) is 77.0 cm³/mol. The summed E-state index contributed by atoms with van der Waals surface area (Å²) < 4.78 is 5.65. The van der Waals surface area contributed by atoms with Crippen LogP contribution in [0.15, 0.2) is 5.10 Å². The minimum Gasteiger partial charge on any atom is -0.297 e. The molecule has 9 N–H and O–H groups in total. The summed E-state index contributed by atoms with van der Waals surface area (Å²) in [5, 5.41) is 19.2. The third-order valence-electron chi connectivity index (χ3n) is 0.682. The average Bonchev–Trinajstić information content (AvgIpc) is 2.59. The van der Waals surface area contributed by atoms with E-state index in [9.17, 15) is 14.4 Å². The van der Waals surface area contributed by atoms with Gasteiger partial charge < -0.3 is 0 Å². The Hall–Kier alpha value is -3.27. The third kappa shape index (κ3) is 43.7. The molecule has 0 saturated heterocycles. The first-order chi connectivity index (χ1) is 10.6. The van der Waals surface area contributed by atoms with Crippen LogP contribution in [0.3, 0.4) is 0 Å². The summed E-state index contributed by atoms with van der Waals surface area (Å²) in [5.41, 5.74) is 6.73. The van der Waals surface area contributed by atoms with Gasteiger partial charge in [0.2, 0.25) is 7.49 Å². The molecule has 0 aliphatic heterocycles. The Morgan fingerprint density at radius 2 is 1.73 bits per heavy atom. The molecule has 0 fully saturated rings. The molecule has 0 rings (SSSR count). The molecule has 0 bridgehead atoms. The lowest BCUT2D eigenvalue weighted by atomic mass is 11.0. The maximum Gasteiger partial charge on any atom is 0.367 e. The second-order valence-corrected chi connectivity index (χ2v) is 1.61. The van der Waals surface area contributed by atoms with Crippen molar-refractivity contribution in [3.05, 3.63) is 0 Å². The zero-order chi connectivity index (χ0) is 18.2. The van der Waals surface area contributed by atoms with Crippen LogP contribution in [0.25, 0.3) is 0 Å². The van der Waals surface area contributed by atoms with Crippen LogP contribution < -0.4 is 33.4 Å². The molecule has 0 unspecified atom stereocenters. The average molecular weight is 431 g/mol. The second kappa shape index (κ2) is 36.1. The van der Waals surface area contributed by atoms with Crippen LogP contribution in [0.1, 0.15) is 0 Å². The van der Waals surface area contributed by atoms with Crippen molar-refractivity contribution in [1.29, 1.82) is 15.9 Å². The van der Waals surface area contributed by atoms with Gasteiger partial charge in [0, 0.05) is 6.57 Å². The number of nitrogens with zero attached hydrogens (tertiary/aromatic N) is 3. The van der Waals surface area contributed by atoms with E-state index in [4.69, 9.17) is 16.7 Å². The summed E-state index contributed by atoms with van der Waals surface area (Å²) in [6, 6.07) is -1.96. The van der Waals surface area contributed by atoms with Gasteiger partial charge in [0.05, 0.1) is 0 Å². The first kappa shape index (κ1) is 27.1. The van der Waals surface area contributed by atoms with Gasteiger partial charge >= 0.3 is 18.3 Å². The molecule has 0 radical (unpaired) electrons. The summed E-state index contributed by atoms with van der Waals surface area (Å²) >= 11 is 0. The molecule has 0 aromatic rings. The molecule has 4 amide bonds. The van der Waals surface area contributed by atoms with Crippen molar-refractivity contribution < 1.29 is 25.4 Å². The zero-order valence-corrected chi connectivity index (χ0v) is 12.8. The van der Waals surface area contributed by atoms with Crippen LogP contribution in [0.4, 0.5) is 9.59 Å². The molecule has 0 spiro atoms. The van der Waals surface area contributed by atoms with Crippen molar-refractivity contribution in [3.8, 4) is 12.8 Å². The first-order valence-electron chi connectivity index (χ1n) is 4.41. The number of halogens is 1. The number of carbonyl (C=O) groups is 2. The Bertz CT molecular complexity index is 454. The van der Waals surface area contributed by atoms with E-state index >= 15 is 0 Å². The summed E-state index contributed by atoms with van der Waals surface area (Å²) in [6.45, 7) is 3.50. The quantitative estimate of drug-likeness (QED) is 0.0615. The standard InChI is InChI=1S/C4H4N6O4.CHNO.CHN.HI.H4N2/c5-1-14-10-4(13)9-8-3(12)7-6-2-11;2-1-3;1-2;;1-2/h(H2,7,8,12)(H2,9,10,13);2H;1H;1H;1-2H2/i/hD. The predicted octanol–water partition coefficient (Wildman–Crippen LogP) is -2.36. The number of hydrazone groups is 1. The molecule has 0 atom stereocenters. The van der Waals surface area contributed by atoms with Crippen LogP contribution in [0.2, 0.25) is 1.41 Å². The van der Waals surface area contributed by atoms with Gasteiger partial charge in [-0.15, -0.1) is 29.2 Å². The fourth-order valence-electron chi connectivity index (χ4n) is 0.310. The maximum atomic E-state index is 10.5. The molecule has 0 saturated carbocycles. The van der Waals surface area contributed by atoms with Gasteiger partial charge in [-0.05, 0) is 0 Å². The summed E-state index contributed by atoms with van der Waals surface area (Å²) in [5.74, 6) is 8.00. The van der Waals surface area contributed by atoms with Gasteiger partial charge in [-0.1, -0.05) is 5.10 Å². The number of hydroxylamine groups is 1. The van der Waals surface area contributed by atoms with Gasteiger partial charge in [-0.2, -0.15) is 5.48 Å². The lowest BCUT2D eigenvalue weighted by molar-refractivity contribution is 0.150. The Labute approximate surface area is 141 Å². The van der Waals surface area contributed by atoms with Gasteiger partial charge in [0.25, 0.3) is 6.08 Å². The van der Waals surface area contributed by atoms with E-state index in [0.29, 0.717) is 0 Å². The van der Waals surface area contributed by atoms with E-state index < -0.39 is 12.1 Å². The number of hydrogen-bond donors (Lipinski definition) is 7. The number of urea groups is 2. The van der Waals surface area contributed by atoms with Crippen LogP contribution in [-0.4, -0.2) is 24.2 Å². The smallest absolute Gasteiger partial charge is 0.297 e. The highest BCUT2D eigenvalue weighted by molar-refractivity contribution is 14.0. The highest BCUT2D eigenvalue weighted by atomic mass is 127. The van der Waals surface area contributed by atoms with Crippen LogP contribution in [0.5, 0.6) is 0 Å². The van der Waals surface area contributed by atoms with Gasteiger partial charge in [-0.25, -0.2) is 46.1 Å². The van der Waals surface area contributed by atoms with E-state index in [-0.39, 0.29) is 24.0 Å². The molecule has 0 aromatic carbocycles. The highest BCUT2D eigenvalue weighted by Gasteiger charge is 2.01. The molecule has 0 aliphatic carbocycles. The molecular weight excluding hydrogens is 419 g/mol. The number of nitrogens with one attached hydrogen (secondary N) is 5. The zero-order valence-electron chi connectivity index (χ0n) is 11.5. The number of hydrogen-bond acceptors (Lipinski definition) is 11. The number of nitrogens with two attached hydrogens (primary N) is 2. The number of rotatable bonds is 2. The normalized spacial score (nSPS) is 5.68. The molecule has 16 heteroatoms. The lowest BCUT2D eigenvalue weighted by Crippen LogP contribution is -2.49. The third-order valence-corrected chi connectivity index (χ3v) is 0.682. The number of hydrazine groups is 2. The summed E-state index contributed by atoms with van der Waals surface area (Å²) in [6.07, 6.45) is 3.15. The number of carbonyl (C=O) groups excluding carboxylic acids is 4. The molecule has 22 heavy (non-hydrogen) atoms. The molecule has 15 nitrogen and oxygen atoms in total. The van der Waals surface area contributed by atoms with Crippen LogP contribution in [0, 0.1) is 28.8 Å². The van der Waals surface area contributed by atoms with E-state index in [1.807, 2.05) is 0 Å². The van der Waals surface area contributed by atoms with E-state index in [1.165, 1.54) is 0 Å².